The molecule has 1 aromatic rings. The van der Waals surface area contributed by atoms with Gasteiger partial charge in [-0.15, -0.1) is 0 Å². The Labute approximate surface area is 128 Å². The summed E-state index contributed by atoms with van der Waals surface area (Å²) in [6, 6.07) is 11.8. The van der Waals surface area contributed by atoms with Crippen LogP contribution < -0.4 is 5.32 Å². The summed E-state index contributed by atoms with van der Waals surface area (Å²) in [5, 5.41) is 3.70. The average molecular weight is 288 g/mol. The number of rotatable bonds is 3. The summed E-state index contributed by atoms with van der Waals surface area (Å²) in [6.07, 6.45) is 2.80. The van der Waals surface area contributed by atoms with Crippen molar-refractivity contribution in [1.29, 1.82) is 0 Å². The monoisotopic (exact) mass is 288 g/mol. The van der Waals surface area contributed by atoms with Gasteiger partial charge in [0.05, 0.1) is 6.10 Å². The summed E-state index contributed by atoms with van der Waals surface area (Å²) in [4.78, 5) is 2.65. The highest BCUT2D eigenvalue weighted by molar-refractivity contribution is 5.21. The van der Waals surface area contributed by atoms with Crippen LogP contribution in [0.2, 0.25) is 0 Å². The molecular weight excluding hydrogens is 260 g/mol. The predicted octanol–water partition coefficient (Wildman–Crippen LogP) is 2.98. The molecule has 21 heavy (non-hydrogen) atoms. The van der Waals surface area contributed by atoms with Gasteiger partial charge in [-0.2, -0.15) is 0 Å². The molecule has 3 nitrogen and oxygen atoms in total. The van der Waals surface area contributed by atoms with Gasteiger partial charge in [0.1, 0.15) is 0 Å². The summed E-state index contributed by atoms with van der Waals surface area (Å²) in [6.45, 7) is 9.93. The molecule has 1 N–H and O–H groups in total. The summed E-state index contributed by atoms with van der Waals surface area (Å²) in [5.74, 6) is 0. The van der Waals surface area contributed by atoms with Crippen LogP contribution in [0.1, 0.15) is 45.2 Å². The van der Waals surface area contributed by atoms with Crippen LogP contribution in [0.15, 0.2) is 30.3 Å². The number of benzene rings is 1. The summed E-state index contributed by atoms with van der Waals surface area (Å²) in [7, 11) is 0. The third-order valence-electron chi connectivity index (χ3n) is 4.96. The Balaban J connectivity index is 1.83. The van der Waals surface area contributed by atoms with E-state index in [9.17, 15) is 0 Å². The van der Waals surface area contributed by atoms with Crippen molar-refractivity contribution >= 4 is 0 Å². The quantitative estimate of drug-likeness (QED) is 0.925. The minimum Gasteiger partial charge on any atom is -0.377 e. The van der Waals surface area contributed by atoms with Crippen LogP contribution in [-0.2, 0) is 4.74 Å². The zero-order valence-electron chi connectivity index (χ0n) is 13.5. The van der Waals surface area contributed by atoms with Crippen LogP contribution in [-0.4, -0.2) is 42.3 Å². The second-order valence-corrected chi connectivity index (χ2v) is 7.16. The van der Waals surface area contributed by atoms with Crippen molar-refractivity contribution < 1.29 is 4.74 Å². The molecule has 3 atom stereocenters. The van der Waals surface area contributed by atoms with Crippen LogP contribution in [0, 0.1) is 0 Å². The zero-order valence-corrected chi connectivity index (χ0v) is 13.5. The van der Waals surface area contributed by atoms with Crippen LogP contribution in [0.25, 0.3) is 0 Å². The molecule has 0 aromatic heterocycles. The Morgan fingerprint density at radius 3 is 2.71 bits per heavy atom. The minimum absolute atomic E-state index is 0.165. The van der Waals surface area contributed by atoms with Gasteiger partial charge in [-0.25, -0.2) is 0 Å². The second-order valence-electron chi connectivity index (χ2n) is 7.16. The first-order chi connectivity index (χ1) is 10.1. The average Bonchev–Trinajstić information content (AvgIpc) is 3.01. The van der Waals surface area contributed by atoms with Crippen molar-refractivity contribution in [3.63, 3.8) is 0 Å². The molecule has 0 spiro atoms. The van der Waals surface area contributed by atoms with E-state index < -0.39 is 0 Å². The third kappa shape index (κ3) is 3.31. The fourth-order valence-electron chi connectivity index (χ4n) is 3.72. The maximum Gasteiger partial charge on any atom is 0.0728 e. The van der Waals surface area contributed by atoms with E-state index in [0.717, 1.165) is 19.7 Å². The van der Waals surface area contributed by atoms with Crippen LogP contribution in [0.5, 0.6) is 0 Å². The third-order valence-corrected chi connectivity index (χ3v) is 4.96. The SMILES string of the molecule is CC(C1CCCO1)N1CC(C)(C)NCC1c1ccccc1. The Morgan fingerprint density at radius 1 is 1.29 bits per heavy atom. The number of nitrogens with one attached hydrogen (secondary N) is 1. The van der Waals surface area contributed by atoms with Gasteiger partial charge in [0.15, 0.2) is 0 Å². The number of hydrogen-bond donors (Lipinski definition) is 1. The fraction of sp³-hybridized carbons (Fsp3) is 0.667. The molecule has 0 radical (unpaired) electrons. The maximum atomic E-state index is 5.96. The van der Waals surface area contributed by atoms with E-state index in [1.807, 2.05) is 0 Å². The molecule has 0 bridgehead atoms. The van der Waals surface area contributed by atoms with Crippen LogP contribution in [0.4, 0.5) is 0 Å². The first-order valence-corrected chi connectivity index (χ1v) is 8.24. The van der Waals surface area contributed by atoms with Gasteiger partial charge in [0.25, 0.3) is 0 Å². The maximum absolute atomic E-state index is 5.96. The summed E-state index contributed by atoms with van der Waals surface area (Å²) >= 11 is 0. The Bertz CT molecular complexity index is 454. The highest BCUT2D eigenvalue weighted by Gasteiger charge is 2.39. The molecular formula is C18H28N2O. The smallest absolute Gasteiger partial charge is 0.0728 e. The van der Waals surface area contributed by atoms with Gasteiger partial charge in [-0.3, -0.25) is 4.90 Å². The van der Waals surface area contributed by atoms with E-state index in [4.69, 9.17) is 4.74 Å². The van der Waals surface area contributed by atoms with Crippen molar-refractivity contribution in [3.05, 3.63) is 35.9 Å². The highest BCUT2D eigenvalue weighted by Crippen LogP contribution is 2.32. The zero-order chi connectivity index (χ0) is 14.9. The van der Waals surface area contributed by atoms with Gasteiger partial charge in [0.2, 0.25) is 0 Å². The number of ether oxygens (including phenoxy) is 1. The van der Waals surface area contributed by atoms with Gasteiger partial charge in [-0.05, 0) is 39.2 Å². The topological polar surface area (TPSA) is 24.5 Å². The van der Waals surface area contributed by atoms with E-state index >= 15 is 0 Å². The lowest BCUT2D eigenvalue weighted by atomic mass is 9.92. The fourth-order valence-corrected chi connectivity index (χ4v) is 3.72. The minimum atomic E-state index is 0.165. The Kier molecular flexibility index (Phi) is 4.34. The molecule has 116 valence electrons. The molecule has 3 rings (SSSR count). The largest absolute Gasteiger partial charge is 0.377 e. The number of hydrogen-bond acceptors (Lipinski definition) is 3. The van der Waals surface area contributed by atoms with Crippen LogP contribution >= 0.6 is 0 Å². The number of piperazine rings is 1. The summed E-state index contributed by atoms with van der Waals surface area (Å²) in [5.41, 5.74) is 1.57. The standard InChI is InChI=1S/C18H28N2O/c1-14(17-10-7-11-21-17)20-13-18(2,3)19-12-16(20)15-8-5-4-6-9-15/h4-6,8-9,14,16-17,19H,7,10-13H2,1-3H3. The number of nitrogens with zero attached hydrogens (tertiary/aromatic N) is 1. The van der Waals surface area contributed by atoms with E-state index in [0.29, 0.717) is 18.2 Å². The molecule has 0 amide bonds. The normalized spacial score (nSPS) is 31.2. The molecule has 3 unspecified atom stereocenters. The van der Waals surface area contributed by atoms with Gasteiger partial charge in [0, 0.05) is 37.3 Å². The molecule has 2 fully saturated rings. The van der Waals surface area contributed by atoms with Gasteiger partial charge < -0.3 is 10.1 Å². The Hall–Kier alpha value is -0.900. The molecule has 2 saturated heterocycles. The van der Waals surface area contributed by atoms with E-state index in [2.05, 4.69) is 61.3 Å². The van der Waals surface area contributed by atoms with Gasteiger partial charge in [-0.1, -0.05) is 30.3 Å². The predicted molar refractivity (Wildman–Crippen MR) is 86.4 cm³/mol. The van der Waals surface area contributed by atoms with E-state index in [1.165, 1.54) is 18.4 Å². The lowest BCUT2D eigenvalue weighted by Crippen LogP contribution is -2.61. The molecule has 2 aliphatic rings. The second kappa shape index (κ2) is 6.07. The van der Waals surface area contributed by atoms with E-state index in [1.54, 1.807) is 0 Å². The highest BCUT2D eigenvalue weighted by atomic mass is 16.5. The molecule has 0 saturated carbocycles. The molecule has 2 heterocycles. The van der Waals surface area contributed by atoms with Crippen molar-refractivity contribution in [2.24, 2.45) is 0 Å². The van der Waals surface area contributed by atoms with Crippen molar-refractivity contribution in [3.8, 4) is 0 Å². The van der Waals surface area contributed by atoms with Crippen molar-refractivity contribution in [2.75, 3.05) is 19.7 Å². The Morgan fingerprint density at radius 2 is 2.05 bits per heavy atom. The lowest BCUT2D eigenvalue weighted by Gasteiger charge is -2.48. The molecule has 0 aliphatic carbocycles. The molecule has 3 heteroatoms. The lowest BCUT2D eigenvalue weighted by molar-refractivity contribution is -0.0164. The van der Waals surface area contributed by atoms with Gasteiger partial charge >= 0.3 is 0 Å². The first kappa shape index (κ1) is 15.0. The van der Waals surface area contributed by atoms with E-state index in [-0.39, 0.29) is 5.54 Å². The molecule has 2 aliphatic heterocycles. The van der Waals surface area contributed by atoms with Crippen LogP contribution in [0.3, 0.4) is 0 Å². The molecule has 1 aromatic carbocycles. The van der Waals surface area contributed by atoms with Crippen molar-refractivity contribution in [1.82, 2.24) is 10.2 Å². The van der Waals surface area contributed by atoms with Crippen molar-refractivity contribution in [2.45, 2.75) is 57.3 Å². The summed E-state index contributed by atoms with van der Waals surface area (Å²) < 4.78 is 5.96. The first-order valence-electron chi connectivity index (χ1n) is 8.24.